The molecule has 0 amide bonds. The molecular formula is C20H20O2S. The van der Waals surface area contributed by atoms with Gasteiger partial charge in [-0.05, 0) is 32.4 Å². The molecule has 2 aromatic carbocycles. The van der Waals surface area contributed by atoms with Crippen molar-refractivity contribution in [3.8, 4) is 11.1 Å². The second-order valence-electron chi connectivity index (χ2n) is 6.49. The van der Waals surface area contributed by atoms with Crippen LogP contribution in [0.25, 0.3) is 21.2 Å². The van der Waals surface area contributed by atoms with Crippen LogP contribution < -0.4 is 0 Å². The van der Waals surface area contributed by atoms with Crippen molar-refractivity contribution in [1.82, 2.24) is 0 Å². The second-order valence-corrected chi connectivity index (χ2v) is 7.57. The predicted octanol–water partition coefficient (Wildman–Crippen LogP) is 5.62. The van der Waals surface area contributed by atoms with E-state index in [-0.39, 0.29) is 5.60 Å². The van der Waals surface area contributed by atoms with E-state index in [1.165, 1.54) is 10.1 Å². The molecular weight excluding hydrogens is 304 g/mol. The average molecular weight is 324 g/mol. The minimum atomic E-state index is -0.553. The molecule has 0 fully saturated rings. The fraction of sp³-hybridized carbons (Fsp3) is 0.250. The fourth-order valence-electron chi connectivity index (χ4n) is 2.69. The summed E-state index contributed by atoms with van der Waals surface area (Å²) in [5, 5.41) is 1.17. The first kappa shape index (κ1) is 15.9. The van der Waals surface area contributed by atoms with Crippen molar-refractivity contribution in [3.05, 3.63) is 59.5 Å². The molecule has 3 heteroatoms. The summed E-state index contributed by atoms with van der Waals surface area (Å²) in [6, 6.07) is 18.5. The highest BCUT2D eigenvalue weighted by Crippen LogP contribution is 2.43. The van der Waals surface area contributed by atoms with Gasteiger partial charge >= 0.3 is 0 Å². The lowest BCUT2D eigenvalue weighted by Crippen LogP contribution is -2.23. The maximum atomic E-state index is 11.7. The molecule has 0 aliphatic rings. The SMILES string of the molecule is CC(C)(C)OC(C=O)c1sc2ccccc2c1-c1ccccc1. The molecule has 2 nitrogen and oxygen atoms in total. The van der Waals surface area contributed by atoms with Crippen LogP contribution in [0, 0.1) is 0 Å². The number of carbonyl (C=O) groups is 1. The smallest absolute Gasteiger partial charge is 0.154 e. The van der Waals surface area contributed by atoms with Crippen LogP contribution in [-0.2, 0) is 9.53 Å². The van der Waals surface area contributed by atoms with Crippen LogP contribution in [-0.4, -0.2) is 11.9 Å². The third kappa shape index (κ3) is 3.36. The highest BCUT2D eigenvalue weighted by molar-refractivity contribution is 7.19. The Morgan fingerprint density at radius 3 is 2.30 bits per heavy atom. The Kier molecular flexibility index (Phi) is 4.33. The molecule has 3 aromatic rings. The van der Waals surface area contributed by atoms with Crippen molar-refractivity contribution in [2.24, 2.45) is 0 Å². The highest BCUT2D eigenvalue weighted by Gasteiger charge is 2.26. The molecule has 0 spiro atoms. The molecule has 0 bridgehead atoms. The van der Waals surface area contributed by atoms with E-state index >= 15 is 0 Å². The molecule has 23 heavy (non-hydrogen) atoms. The van der Waals surface area contributed by atoms with Gasteiger partial charge in [-0.25, -0.2) is 0 Å². The Morgan fingerprint density at radius 1 is 1.00 bits per heavy atom. The molecule has 1 atom stereocenters. The molecule has 0 saturated heterocycles. The van der Waals surface area contributed by atoms with E-state index in [0.29, 0.717) is 0 Å². The number of ether oxygens (including phenoxy) is 1. The molecule has 118 valence electrons. The quantitative estimate of drug-likeness (QED) is 0.582. The monoisotopic (exact) mass is 324 g/mol. The number of carbonyl (C=O) groups excluding carboxylic acids is 1. The molecule has 1 aromatic heterocycles. The molecule has 0 N–H and O–H groups in total. The minimum Gasteiger partial charge on any atom is -0.360 e. The predicted molar refractivity (Wildman–Crippen MR) is 96.9 cm³/mol. The third-order valence-electron chi connectivity index (χ3n) is 3.55. The largest absolute Gasteiger partial charge is 0.360 e. The van der Waals surface area contributed by atoms with Crippen molar-refractivity contribution in [2.75, 3.05) is 0 Å². The Labute approximate surface area is 140 Å². The van der Waals surface area contributed by atoms with E-state index < -0.39 is 6.10 Å². The fourth-order valence-corrected chi connectivity index (χ4v) is 3.90. The first-order valence-corrected chi connectivity index (χ1v) is 8.51. The van der Waals surface area contributed by atoms with Crippen molar-refractivity contribution < 1.29 is 9.53 Å². The first-order chi connectivity index (χ1) is 11.0. The maximum Gasteiger partial charge on any atom is 0.154 e. The second kappa shape index (κ2) is 6.26. The molecule has 0 aliphatic carbocycles. The number of hydrogen-bond acceptors (Lipinski definition) is 3. The van der Waals surface area contributed by atoms with Gasteiger partial charge in [-0.2, -0.15) is 0 Å². The normalized spacial score (nSPS) is 13.2. The van der Waals surface area contributed by atoms with E-state index in [0.717, 1.165) is 22.3 Å². The summed E-state index contributed by atoms with van der Waals surface area (Å²) in [4.78, 5) is 12.7. The molecule has 0 saturated carbocycles. The van der Waals surface area contributed by atoms with Crippen molar-refractivity contribution >= 4 is 27.7 Å². The van der Waals surface area contributed by atoms with Crippen molar-refractivity contribution in [1.29, 1.82) is 0 Å². The zero-order valence-corrected chi connectivity index (χ0v) is 14.4. The van der Waals surface area contributed by atoms with Crippen LogP contribution in [0.1, 0.15) is 31.8 Å². The lowest BCUT2D eigenvalue weighted by molar-refractivity contribution is -0.128. The summed E-state index contributed by atoms with van der Waals surface area (Å²) >= 11 is 1.64. The van der Waals surface area contributed by atoms with Crippen LogP contribution in [0.5, 0.6) is 0 Å². The zero-order valence-electron chi connectivity index (χ0n) is 13.6. The molecule has 0 aliphatic heterocycles. The summed E-state index contributed by atoms with van der Waals surface area (Å²) in [5.74, 6) is 0. The molecule has 1 unspecified atom stereocenters. The lowest BCUT2D eigenvalue weighted by atomic mass is 10.00. The number of thiophene rings is 1. The summed E-state index contributed by atoms with van der Waals surface area (Å²) < 4.78 is 7.18. The molecule has 1 heterocycles. The van der Waals surface area contributed by atoms with E-state index in [1.54, 1.807) is 11.3 Å². The zero-order chi connectivity index (χ0) is 16.4. The van der Waals surface area contributed by atoms with Gasteiger partial charge in [0.15, 0.2) is 6.29 Å². The highest BCUT2D eigenvalue weighted by atomic mass is 32.1. The van der Waals surface area contributed by atoms with Gasteiger partial charge in [0.2, 0.25) is 0 Å². The topological polar surface area (TPSA) is 26.3 Å². The summed E-state index contributed by atoms with van der Waals surface area (Å²) in [5.41, 5.74) is 1.84. The van der Waals surface area contributed by atoms with Gasteiger partial charge in [-0.3, -0.25) is 0 Å². The molecule has 0 radical (unpaired) electrons. The van der Waals surface area contributed by atoms with Crippen LogP contribution in [0.15, 0.2) is 54.6 Å². The van der Waals surface area contributed by atoms with Gasteiger partial charge < -0.3 is 9.53 Å². The van der Waals surface area contributed by atoms with Gasteiger partial charge in [0.25, 0.3) is 0 Å². The van der Waals surface area contributed by atoms with Gasteiger partial charge in [0.1, 0.15) is 6.10 Å². The number of fused-ring (bicyclic) bond motifs is 1. The number of benzene rings is 2. The Balaban J connectivity index is 2.22. The van der Waals surface area contributed by atoms with Gasteiger partial charge in [0.05, 0.1) is 5.60 Å². The van der Waals surface area contributed by atoms with Crippen LogP contribution in [0.4, 0.5) is 0 Å². The third-order valence-corrected chi connectivity index (χ3v) is 4.78. The van der Waals surface area contributed by atoms with Crippen molar-refractivity contribution in [3.63, 3.8) is 0 Å². The van der Waals surface area contributed by atoms with Gasteiger partial charge in [0, 0.05) is 20.5 Å². The van der Waals surface area contributed by atoms with E-state index in [4.69, 9.17) is 4.74 Å². The summed E-state index contributed by atoms with van der Waals surface area (Å²) in [6.45, 7) is 5.91. The van der Waals surface area contributed by atoms with E-state index in [9.17, 15) is 4.79 Å². The summed E-state index contributed by atoms with van der Waals surface area (Å²) in [7, 11) is 0. The molecule has 3 rings (SSSR count). The number of aldehydes is 1. The number of hydrogen-bond donors (Lipinski definition) is 0. The summed E-state index contributed by atoms with van der Waals surface area (Å²) in [6.07, 6.45) is 0.352. The van der Waals surface area contributed by atoms with Crippen LogP contribution >= 0.6 is 11.3 Å². The van der Waals surface area contributed by atoms with E-state index in [1.807, 2.05) is 51.1 Å². The van der Waals surface area contributed by atoms with Crippen LogP contribution in [0.3, 0.4) is 0 Å². The Morgan fingerprint density at radius 2 is 1.65 bits per heavy atom. The van der Waals surface area contributed by atoms with Gasteiger partial charge in [-0.15, -0.1) is 11.3 Å². The minimum absolute atomic E-state index is 0.379. The maximum absolute atomic E-state index is 11.7. The van der Waals surface area contributed by atoms with E-state index in [2.05, 4.69) is 24.3 Å². The van der Waals surface area contributed by atoms with Crippen molar-refractivity contribution in [2.45, 2.75) is 32.5 Å². The average Bonchev–Trinajstić information content (AvgIpc) is 2.92. The number of rotatable bonds is 4. The van der Waals surface area contributed by atoms with Crippen LogP contribution in [0.2, 0.25) is 0 Å². The van der Waals surface area contributed by atoms with Gasteiger partial charge in [-0.1, -0.05) is 48.5 Å². The Bertz CT molecular complexity index is 813. The standard InChI is InChI=1S/C20H20O2S/c1-20(2,3)22-16(13-21)19-18(14-9-5-4-6-10-14)15-11-7-8-12-17(15)23-19/h4-13,16H,1-3H3. The first-order valence-electron chi connectivity index (χ1n) is 7.69. The Hall–Kier alpha value is -1.97. The lowest BCUT2D eigenvalue weighted by Gasteiger charge is -2.24.